The zero-order valence-corrected chi connectivity index (χ0v) is 12.3. The van der Waals surface area contributed by atoms with E-state index >= 15 is 0 Å². The molecule has 0 fully saturated rings. The Morgan fingerprint density at radius 1 is 1.30 bits per heavy atom. The lowest BCUT2D eigenvalue weighted by Crippen LogP contribution is -2.33. The monoisotopic (exact) mass is 284 g/mol. The second kappa shape index (κ2) is 6.08. The Bertz CT molecular complexity index is 567. The summed E-state index contributed by atoms with van der Waals surface area (Å²) in [5, 5.41) is 1.08. The van der Waals surface area contributed by atoms with Crippen molar-refractivity contribution in [3.63, 3.8) is 0 Å². The number of ether oxygens (including phenoxy) is 1. The van der Waals surface area contributed by atoms with Crippen LogP contribution in [0.2, 0.25) is 0 Å². The fraction of sp³-hybridized carbons (Fsp3) is 0.625. The second-order valence-corrected chi connectivity index (χ2v) is 5.35. The van der Waals surface area contributed by atoms with E-state index in [1.807, 2.05) is 6.08 Å². The summed E-state index contributed by atoms with van der Waals surface area (Å²) in [6.07, 6.45) is 4.31. The molecule has 1 aliphatic carbocycles. The van der Waals surface area contributed by atoms with Gasteiger partial charge in [0.1, 0.15) is 11.2 Å². The van der Waals surface area contributed by atoms with Gasteiger partial charge in [-0.2, -0.15) is 8.78 Å². The van der Waals surface area contributed by atoms with E-state index in [1.165, 1.54) is 5.56 Å². The van der Waals surface area contributed by atoms with E-state index < -0.39 is 12.2 Å². The molecule has 0 spiro atoms. The first-order chi connectivity index (χ1) is 9.44. The molecule has 0 saturated carbocycles. The lowest BCUT2D eigenvalue weighted by molar-refractivity contribution is -0.236. The minimum Gasteiger partial charge on any atom is -0.461 e. The number of halogens is 2. The number of rotatable bonds is 6. The fourth-order valence-electron chi connectivity index (χ4n) is 2.67. The van der Waals surface area contributed by atoms with Gasteiger partial charge in [-0.15, -0.1) is 0 Å². The summed E-state index contributed by atoms with van der Waals surface area (Å²) < 4.78 is 36.4. The Kier molecular flexibility index (Phi) is 4.63. The van der Waals surface area contributed by atoms with Crippen LogP contribution in [0.5, 0.6) is 0 Å². The third kappa shape index (κ3) is 3.48. The van der Waals surface area contributed by atoms with Crippen LogP contribution in [0.3, 0.4) is 0 Å². The van der Waals surface area contributed by atoms with Gasteiger partial charge in [0.25, 0.3) is 0 Å². The zero-order valence-electron chi connectivity index (χ0n) is 12.3. The molecule has 1 aliphatic rings. The summed E-state index contributed by atoms with van der Waals surface area (Å²) in [4.78, 5) is 0. The van der Waals surface area contributed by atoms with Gasteiger partial charge in [-0.3, -0.25) is 0 Å². The van der Waals surface area contributed by atoms with Crippen molar-refractivity contribution in [3.8, 4) is 0 Å². The summed E-state index contributed by atoms with van der Waals surface area (Å²) in [7, 11) is 0. The van der Waals surface area contributed by atoms with Gasteiger partial charge in [-0.25, -0.2) is 0 Å². The largest absolute Gasteiger partial charge is 0.461 e. The van der Waals surface area contributed by atoms with Crippen molar-refractivity contribution in [2.75, 3.05) is 0 Å². The van der Waals surface area contributed by atoms with Gasteiger partial charge in [0.2, 0.25) is 0 Å². The van der Waals surface area contributed by atoms with Crippen molar-refractivity contribution >= 4 is 12.2 Å². The Morgan fingerprint density at radius 2 is 2.00 bits per heavy atom. The molecule has 1 atom stereocenters. The van der Waals surface area contributed by atoms with Crippen LogP contribution < -0.4 is 10.6 Å². The third-order valence-electron chi connectivity index (χ3n) is 3.39. The van der Waals surface area contributed by atoms with Crippen molar-refractivity contribution in [1.29, 1.82) is 0 Å². The van der Waals surface area contributed by atoms with Crippen LogP contribution in [-0.4, -0.2) is 12.2 Å². The molecule has 2 nitrogen and oxygen atoms in total. The predicted octanol–water partition coefficient (Wildman–Crippen LogP) is 3.15. The standard InChI is InChI=1S/C16H22F2O2/c1-4-6-12-13-9-8-11(20-16(3,17)18)10-15(13)19-14(12)7-5-2/h9-11H,4-8H2,1-3H3. The van der Waals surface area contributed by atoms with Crippen LogP contribution in [0.1, 0.15) is 51.4 Å². The van der Waals surface area contributed by atoms with E-state index in [-0.39, 0.29) is 0 Å². The van der Waals surface area contributed by atoms with Crippen molar-refractivity contribution in [3.05, 3.63) is 22.0 Å². The maximum atomic E-state index is 12.9. The van der Waals surface area contributed by atoms with Crippen molar-refractivity contribution in [1.82, 2.24) is 0 Å². The smallest absolute Gasteiger partial charge is 0.353 e. The molecule has 2 rings (SSSR count). The van der Waals surface area contributed by atoms with E-state index in [1.54, 1.807) is 6.08 Å². The minimum atomic E-state index is -3.11. The molecule has 0 aliphatic heterocycles. The van der Waals surface area contributed by atoms with Crippen LogP contribution in [0.4, 0.5) is 8.78 Å². The van der Waals surface area contributed by atoms with Crippen LogP contribution in [0, 0.1) is 0 Å². The Morgan fingerprint density at radius 3 is 2.60 bits per heavy atom. The molecular formula is C16H22F2O2. The van der Waals surface area contributed by atoms with Gasteiger partial charge in [0.15, 0.2) is 0 Å². The van der Waals surface area contributed by atoms with Gasteiger partial charge in [0, 0.05) is 24.1 Å². The molecule has 0 N–H and O–H groups in total. The molecular weight excluding hydrogens is 262 g/mol. The fourth-order valence-corrected chi connectivity index (χ4v) is 2.67. The number of hydrogen-bond acceptors (Lipinski definition) is 2. The molecule has 1 unspecified atom stereocenters. The summed E-state index contributed by atoms with van der Waals surface area (Å²) in [6, 6.07) is 0. The molecule has 0 saturated heterocycles. The van der Waals surface area contributed by atoms with Gasteiger partial charge in [0.05, 0.1) is 6.10 Å². The molecule has 1 heterocycles. The summed E-state index contributed by atoms with van der Waals surface area (Å²) in [5.41, 5.74) is 1.93. The highest BCUT2D eigenvalue weighted by Crippen LogP contribution is 2.20. The van der Waals surface area contributed by atoms with Crippen molar-refractivity contribution < 1.29 is 17.9 Å². The normalized spacial score (nSPS) is 18.4. The average Bonchev–Trinajstić information content (AvgIpc) is 2.66. The van der Waals surface area contributed by atoms with E-state index in [4.69, 9.17) is 9.15 Å². The lowest BCUT2D eigenvalue weighted by Gasteiger charge is -2.18. The Labute approximate surface area is 118 Å². The first-order valence-corrected chi connectivity index (χ1v) is 7.32. The summed E-state index contributed by atoms with van der Waals surface area (Å²) >= 11 is 0. The average molecular weight is 284 g/mol. The molecule has 20 heavy (non-hydrogen) atoms. The number of furan rings is 1. The predicted molar refractivity (Wildman–Crippen MR) is 75.0 cm³/mol. The highest BCUT2D eigenvalue weighted by Gasteiger charge is 2.27. The number of aryl methyl sites for hydroxylation is 1. The molecule has 0 amide bonds. The van der Waals surface area contributed by atoms with Crippen molar-refractivity contribution in [2.45, 2.75) is 65.1 Å². The molecule has 4 heteroatoms. The van der Waals surface area contributed by atoms with Crippen LogP contribution in [0.25, 0.3) is 12.2 Å². The highest BCUT2D eigenvalue weighted by molar-refractivity contribution is 5.43. The van der Waals surface area contributed by atoms with Crippen molar-refractivity contribution in [2.24, 2.45) is 0 Å². The molecule has 1 aromatic rings. The zero-order chi connectivity index (χ0) is 14.8. The summed E-state index contributed by atoms with van der Waals surface area (Å²) in [6.45, 7) is 5.00. The lowest BCUT2D eigenvalue weighted by atomic mass is 10.0. The van der Waals surface area contributed by atoms with Crippen LogP contribution in [-0.2, 0) is 17.6 Å². The van der Waals surface area contributed by atoms with Gasteiger partial charge < -0.3 is 9.15 Å². The van der Waals surface area contributed by atoms with Gasteiger partial charge in [-0.1, -0.05) is 26.3 Å². The molecule has 112 valence electrons. The number of hydrogen-bond donors (Lipinski definition) is 0. The van der Waals surface area contributed by atoms with Gasteiger partial charge >= 0.3 is 6.11 Å². The quantitative estimate of drug-likeness (QED) is 0.800. The second-order valence-electron chi connectivity index (χ2n) is 5.35. The van der Waals surface area contributed by atoms with E-state index in [0.717, 1.165) is 43.6 Å². The third-order valence-corrected chi connectivity index (χ3v) is 3.39. The van der Waals surface area contributed by atoms with E-state index in [9.17, 15) is 8.78 Å². The summed E-state index contributed by atoms with van der Waals surface area (Å²) in [5.74, 6) is 0.996. The first-order valence-electron chi connectivity index (χ1n) is 7.32. The highest BCUT2D eigenvalue weighted by atomic mass is 19.3. The van der Waals surface area contributed by atoms with E-state index in [0.29, 0.717) is 11.8 Å². The van der Waals surface area contributed by atoms with E-state index in [2.05, 4.69) is 13.8 Å². The minimum absolute atomic E-state index is 0.470. The maximum Gasteiger partial charge on any atom is 0.353 e. The Balaban J connectivity index is 2.36. The molecule has 0 radical (unpaired) electrons. The van der Waals surface area contributed by atoms with Crippen LogP contribution >= 0.6 is 0 Å². The Hall–Kier alpha value is -1.16. The van der Waals surface area contributed by atoms with Crippen LogP contribution in [0.15, 0.2) is 4.42 Å². The number of alkyl halides is 2. The number of fused-ring (bicyclic) bond motifs is 1. The maximum absolute atomic E-state index is 12.9. The topological polar surface area (TPSA) is 22.4 Å². The van der Waals surface area contributed by atoms with Gasteiger partial charge in [-0.05, 0) is 25.3 Å². The molecule has 0 bridgehead atoms. The SMILES string of the molecule is CCCc1oc2c(c1CCC)=CCC(OC(C)(F)F)C=2. The molecule has 0 aromatic carbocycles. The molecule has 1 aromatic heterocycles. The first kappa shape index (κ1) is 15.2.